The summed E-state index contributed by atoms with van der Waals surface area (Å²) in [6, 6.07) is 0.774. The van der Waals surface area contributed by atoms with E-state index in [1.165, 1.54) is 6.92 Å². The van der Waals surface area contributed by atoms with Crippen molar-refractivity contribution in [1.29, 1.82) is 0 Å². The van der Waals surface area contributed by atoms with Gasteiger partial charge in [-0.1, -0.05) is 6.92 Å². The lowest BCUT2D eigenvalue weighted by atomic mass is 9.93. The highest BCUT2D eigenvalue weighted by Gasteiger charge is 2.48. The molecule has 0 aliphatic heterocycles. The van der Waals surface area contributed by atoms with Gasteiger partial charge in [-0.05, 0) is 6.42 Å². The normalized spacial score (nSPS) is 19.8. The molecule has 1 heterocycles. The zero-order valence-electron chi connectivity index (χ0n) is 16.2. The number of H-pyrrole nitrogens is 1. The fourth-order valence-electron chi connectivity index (χ4n) is 2.28. The zero-order chi connectivity index (χ0) is 25.0. The van der Waals surface area contributed by atoms with Gasteiger partial charge in [0.05, 0.1) is 6.61 Å². The highest BCUT2D eigenvalue weighted by atomic mass is 31.3. The smallest absolute Gasteiger partial charge is 0.385 e. The van der Waals surface area contributed by atoms with Gasteiger partial charge < -0.3 is 24.5 Å². The Bertz CT molecular complexity index is 1060. The van der Waals surface area contributed by atoms with Gasteiger partial charge in [-0.3, -0.25) is 18.9 Å². The molecule has 0 radical (unpaired) electrons. The second-order valence-electron chi connectivity index (χ2n) is 5.90. The standard InChI is InChI=1S/C11H19FN3O14P3/c1-3-11(26-2,8(17)9(12)15-5-4-7(16)13-10(15)18)6-27-30(20,14-19)28-32(24,25)29-31(21,22)23/h4-5,8-9,17H,3,6H2,1-2H3,(H,24,25)(H,13,16,18)(H2,21,22,23)/t8-,9-,11?,30?/m0/s1. The van der Waals surface area contributed by atoms with Gasteiger partial charge in [0.1, 0.15) is 11.7 Å². The van der Waals surface area contributed by atoms with Crippen LogP contribution in [0.3, 0.4) is 0 Å². The topological polar surface area (TPSA) is 253 Å². The van der Waals surface area contributed by atoms with Crippen LogP contribution in [-0.4, -0.2) is 54.8 Å². The molecule has 1 aromatic heterocycles. The van der Waals surface area contributed by atoms with Crippen molar-refractivity contribution in [1.82, 2.24) is 9.55 Å². The van der Waals surface area contributed by atoms with Crippen LogP contribution in [0, 0.1) is 4.91 Å². The van der Waals surface area contributed by atoms with E-state index in [4.69, 9.17) is 14.5 Å². The van der Waals surface area contributed by atoms with Crippen LogP contribution in [0.25, 0.3) is 0 Å². The van der Waals surface area contributed by atoms with E-state index < -0.39 is 59.2 Å². The number of ether oxygens (including phenoxy) is 1. The van der Waals surface area contributed by atoms with E-state index in [0.717, 1.165) is 13.2 Å². The minimum Gasteiger partial charge on any atom is -0.385 e. The molecule has 0 saturated heterocycles. The fraction of sp³-hybridized carbons (Fsp3) is 0.636. The molecule has 5 N–H and O–H groups in total. The average Bonchev–Trinajstić information content (AvgIpc) is 2.66. The first-order valence-corrected chi connectivity index (χ1v) is 12.6. The minimum absolute atomic E-state index is 0.277. The van der Waals surface area contributed by atoms with E-state index in [-0.39, 0.29) is 11.0 Å². The molecule has 17 nitrogen and oxygen atoms in total. The molecule has 21 heteroatoms. The Morgan fingerprint density at radius 1 is 1.25 bits per heavy atom. The molecule has 0 aromatic carbocycles. The number of halogens is 1. The number of hydrogen-bond acceptors (Lipinski definition) is 11. The number of alkyl halides is 1. The molecule has 1 rings (SSSR count). The lowest BCUT2D eigenvalue weighted by Gasteiger charge is -2.37. The van der Waals surface area contributed by atoms with Crippen LogP contribution in [0.2, 0.25) is 0 Å². The number of methoxy groups -OCH3 is 1. The molecular formula is C11H19FN3O14P3. The Morgan fingerprint density at radius 3 is 2.28 bits per heavy atom. The molecule has 32 heavy (non-hydrogen) atoms. The molecule has 0 amide bonds. The van der Waals surface area contributed by atoms with Crippen molar-refractivity contribution in [2.75, 3.05) is 13.7 Å². The van der Waals surface area contributed by atoms with Gasteiger partial charge in [0.25, 0.3) is 5.56 Å². The molecule has 1 aromatic rings. The molecule has 0 spiro atoms. The van der Waals surface area contributed by atoms with Gasteiger partial charge in [0.2, 0.25) is 6.30 Å². The number of phosphoric acid groups is 2. The Balaban J connectivity index is 3.16. The van der Waals surface area contributed by atoms with Gasteiger partial charge in [-0.25, -0.2) is 22.9 Å². The largest absolute Gasteiger partial charge is 0.498 e. The molecule has 0 bridgehead atoms. The number of hydrogen-bond donors (Lipinski definition) is 5. The van der Waals surface area contributed by atoms with E-state index in [1.807, 2.05) is 4.95 Å². The van der Waals surface area contributed by atoms with Crippen molar-refractivity contribution in [2.45, 2.75) is 31.3 Å². The van der Waals surface area contributed by atoms with Crippen molar-refractivity contribution >= 4 is 23.4 Å². The number of aromatic nitrogens is 2. The van der Waals surface area contributed by atoms with Crippen LogP contribution in [0.15, 0.2) is 26.8 Å². The molecule has 0 saturated carbocycles. The number of nitrogens with one attached hydrogen (secondary N) is 1. The third-order valence-corrected chi connectivity index (χ3v) is 7.89. The second-order valence-corrected chi connectivity index (χ2v) is 10.5. The first-order chi connectivity index (χ1) is 14.5. The number of aromatic amines is 1. The molecule has 3 unspecified atom stereocenters. The summed E-state index contributed by atoms with van der Waals surface area (Å²) < 4.78 is 66.2. The number of aliphatic hydroxyl groups excluding tert-OH is 1. The maximum atomic E-state index is 14.8. The van der Waals surface area contributed by atoms with E-state index in [1.54, 1.807) is 4.98 Å². The molecule has 5 atom stereocenters. The van der Waals surface area contributed by atoms with E-state index in [0.29, 0.717) is 6.20 Å². The lowest BCUT2D eigenvalue weighted by molar-refractivity contribution is -0.162. The Hall–Kier alpha value is -1.42. The van der Waals surface area contributed by atoms with Crippen molar-refractivity contribution in [3.63, 3.8) is 0 Å². The van der Waals surface area contributed by atoms with Crippen molar-refractivity contribution in [3.05, 3.63) is 38.0 Å². The summed E-state index contributed by atoms with van der Waals surface area (Å²) in [5.74, 6) is 0. The summed E-state index contributed by atoms with van der Waals surface area (Å²) in [6.07, 6.45) is -4.52. The first kappa shape index (κ1) is 28.6. The van der Waals surface area contributed by atoms with Crippen molar-refractivity contribution in [3.8, 4) is 0 Å². The fourth-order valence-corrected chi connectivity index (χ4v) is 5.52. The monoisotopic (exact) mass is 529 g/mol. The number of aliphatic hydroxyl groups is 1. The summed E-state index contributed by atoms with van der Waals surface area (Å²) in [4.78, 5) is 63.6. The highest BCUT2D eigenvalue weighted by molar-refractivity contribution is 7.68. The average molecular weight is 529 g/mol. The van der Waals surface area contributed by atoms with Crippen molar-refractivity contribution in [2.24, 2.45) is 4.95 Å². The SMILES string of the molecule is CCC(COP(=O)(N=O)OP(=O)(O)OP(=O)(O)O)(OC)[C@@H](O)[C@@H](F)n1ccc(=O)[nH]c1=O. The molecular weight excluding hydrogens is 510 g/mol. The number of nitrogens with zero attached hydrogens (tertiary/aromatic N) is 2. The maximum Gasteiger partial charge on any atom is 0.498 e. The predicted molar refractivity (Wildman–Crippen MR) is 101 cm³/mol. The predicted octanol–water partition coefficient (Wildman–Crippen LogP) is 0.278. The van der Waals surface area contributed by atoms with E-state index in [9.17, 15) is 42.6 Å². The summed E-state index contributed by atoms with van der Waals surface area (Å²) in [7, 11) is -16.1. The van der Waals surface area contributed by atoms with Crippen LogP contribution < -0.4 is 11.2 Å². The van der Waals surface area contributed by atoms with Crippen LogP contribution >= 0.6 is 23.4 Å². The van der Waals surface area contributed by atoms with Gasteiger partial charge in [0.15, 0.2) is 0 Å². The van der Waals surface area contributed by atoms with E-state index >= 15 is 0 Å². The third-order valence-electron chi connectivity index (χ3n) is 3.91. The van der Waals surface area contributed by atoms with Gasteiger partial charge in [0, 0.05) is 24.3 Å². The van der Waals surface area contributed by atoms with Crippen LogP contribution in [0.5, 0.6) is 0 Å². The molecule has 0 fully saturated rings. The summed E-state index contributed by atoms with van der Waals surface area (Å²) in [6.45, 7) is 0.0883. The molecule has 0 aliphatic carbocycles. The number of nitroso groups, excluding NO2 is 1. The minimum atomic E-state index is -5.85. The van der Waals surface area contributed by atoms with Gasteiger partial charge in [-0.2, -0.15) is 8.62 Å². The number of rotatable bonds is 13. The Morgan fingerprint density at radius 2 is 1.84 bits per heavy atom. The lowest BCUT2D eigenvalue weighted by Crippen LogP contribution is -2.52. The van der Waals surface area contributed by atoms with Gasteiger partial charge in [-0.15, -0.1) is 4.91 Å². The van der Waals surface area contributed by atoms with Crippen LogP contribution in [-0.2, 0) is 31.6 Å². The quantitative estimate of drug-likeness (QED) is 0.170. The van der Waals surface area contributed by atoms with Crippen LogP contribution in [0.4, 0.5) is 4.39 Å². The molecule has 184 valence electrons. The Labute approximate surface area is 177 Å². The maximum absolute atomic E-state index is 14.8. The van der Waals surface area contributed by atoms with Crippen LogP contribution in [0.1, 0.15) is 19.6 Å². The highest BCUT2D eigenvalue weighted by Crippen LogP contribution is 2.68. The third kappa shape index (κ3) is 7.57. The summed E-state index contributed by atoms with van der Waals surface area (Å²) in [5, 5.41) is 10.4. The second kappa shape index (κ2) is 10.7. The zero-order valence-corrected chi connectivity index (χ0v) is 18.9. The summed E-state index contributed by atoms with van der Waals surface area (Å²) in [5.41, 5.74) is -4.29. The Kier molecular flexibility index (Phi) is 9.54. The van der Waals surface area contributed by atoms with Crippen molar-refractivity contribution < 1.29 is 55.8 Å². The first-order valence-electron chi connectivity index (χ1n) is 8.13. The van der Waals surface area contributed by atoms with E-state index in [2.05, 4.69) is 13.1 Å². The van der Waals surface area contributed by atoms with Gasteiger partial charge >= 0.3 is 29.1 Å². The summed E-state index contributed by atoms with van der Waals surface area (Å²) >= 11 is 0. The molecule has 0 aliphatic rings.